The summed E-state index contributed by atoms with van der Waals surface area (Å²) in [6.45, 7) is 0.562. The lowest BCUT2D eigenvalue weighted by atomic mass is 9.71. The quantitative estimate of drug-likeness (QED) is 0.692. The Balaban J connectivity index is 1.44. The smallest absolute Gasteiger partial charge is 0.264 e. The number of hydrogen-bond acceptors (Lipinski definition) is 4. The van der Waals surface area contributed by atoms with E-state index in [2.05, 4.69) is 0 Å². The van der Waals surface area contributed by atoms with E-state index in [1.165, 1.54) is 0 Å². The molecule has 1 heterocycles. The van der Waals surface area contributed by atoms with Gasteiger partial charge < -0.3 is 14.7 Å². The summed E-state index contributed by atoms with van der Waals surface area (Å²) < 4.78 is 5.77. The third kappa shape index (κ3) is 3.13. The first-order valence-corrected chi connectivity index (χ1v) is 10.5. The molecule has 0 saturated heterocycles. The van der Waals surface area contributed by atoms with E-state index in [1.54, 1.807) is 23.1 Å². The second-order valence-corrected chi connectivity index (χ2v) is 8.01. The van der Waals surface area contributed by atoms with Gasteiger partial charge in [-0.1, -0.05) is 60.7 Å². The largest absolute Gasteiger partial charge is 0.492 e. The number of benzene rings is 3. The van der Waals surface area contributed by atoms with Crippen molar-refractivity contribution in [3.05, 3.63) is 95.6 Å². The number of hydrogen-bond donors (Lipinski definition) is 1. The molecule has 1 aliphatic carbocycles. The molecule has 0 fully saturated rings. The van der Waals surface area contributed by atoms with Gasteiger partial charge in [0.1, 0.15) is 12.4 Å². The van der Waals surface area contributed by atoms with Crippen molar-refractivity contribution < 1.29 is 19.4 Å². The van der Waals surface area contributed by atoms with Crippen LogP contribution in [-0.2, 0) is 16.8 Å². The maximum atomic E-state index is 13.6. The molecule has 3 aromatic rings. The topological polar surface area (TPSA) is 66.8 Å². The van der Waals surface area contributed by atoms with E-state index in [1.807, 2.05) is 60.7 Å². The molecule has 1 amide bonds. The van der Waals surface area contributed by atoms with Gasteiger partial charge in [0.25, 0.3) is 5.91 Å². The maximum Gasteiger partial charge on any atom is 0.264 e. The van der Waals surface area contributed by atoms with Gasteiger partial charge >= 0.3 is 0 Å². The number of ether oxygens (including phenoxy) is 1. The van der Waals surface area contributed by atoms with Crippen LogP contribution in [0.1, 0.15) is 27.9 Å². The number of aryl methyl sites for hydroxylation is 1. The van der Waals surface area contributed by atoms with Crippen molar-refractivity contribution in [1.29, 1.82) is 0 Å². The van der Waals surface area contributed by atoms with Crippen LogP contribution in [0.4, 0.5) is 5.69 Å². The summed E-state index contributed by atoms with van der Waals surface area (Å²) in [6.07, 6.45) is 1.09. The molecule has 2 aliphatic rings. The minimum absolute atomic E-state index is 0.171. The monoisotopic (exact) mass is 413 g/mol. The van der Waals surface area contributed by atoms with E-state index < -0.39 is 17.4 Å². The molecular weight excluding hydrogens is 390 g/mol. The van der Waals surface area contributed by atoms with Crippen LogP contribution in [-0.4, -0.2) is 29.9 Å². The highest BCUT2D eigenvalue weighted by molar-refractivity contribution is 6.12. The second-order valence-electron chi connectivity index (χ2n) is 8.01. The molecule has 3 aromatic carbocycles. The molecule has 156 valence electrons. The first-order valence-electron chi connectivity index (χ1n) is 10.5. The highest BCUT2D eigenvalue weighted by Gasteiger charge is 2.57. The summed E-state index contributed by atoms with van der Waals surface area (Å²) >= 11 is 0. The molecule has 0 spiro atoms. The van der Waals surface area contributed by atoms with Gasteiger partial charge in [0, 0.05) is 11.1 Å². The molecule has 0 saturated carbocycles. The number of ketones is 1. The second kappa shape index (κ2) is 7.67. The zero-order valence-electron chi connectivity index (χ0n) is 17.0. The van der Waals surface area contributed by atoms with Gasteiger partial charge in [-0.15, -0.1) is 0 Å². The van der Waals surface area contributed by atoms with Crippen LogP contribution in [0.25, 0.3) is 0 Å². The Bertz CT molecular complexity index is 1140. The number of Topliss-reactive ketones (excluding diaryl/α,β-unsaturated/α-hetero) is 1. The summed E-state index contributed by atoms with van der Waals surface area (Å²) in [6, 6.07) is 24.0. The number of aliphatic hydroxyl groups is 1. The number of carbonyl (C=O) groups is 2. The molecule has 0 radical (unpaired) electrons. The number of rotatable bonds is 5. The maximum absolute atomic E-state index is 13.6. The van der Waals surface area contributed by atoms with Crippen LogP contribution in [0, 0.1) is 5.92 Å². The Hall–Kier alpha value is -3.44. The lowest BCUT2D eigenvalue weighted by Gasteiger charge is -2.34. The Morgan fingerprint density at radius 3 is 2.48 bits per heavy atom. The number of fused-ring (bicyclic) bond motifs is 2. The molecule has 0 unspecified atom stereocenters. The van der Waals surface area contributed by atoms with Crippen molar-refractivity contribution >= 4 is 17.4 Å². The highest BCUT2D eigenvalue weighted by Crippen LogP contribution is 2.48. The summed E-state index contributed by atoms with van der Waals surface area (Å²) in [5.74, 6) is -0.717. The van der Waals surface area contributed by atoms with Crippen molar-refractivity contribution in [2.75, 3.05) is 18.1 Å². The summed E-state index contributed by atoms with van der Waals surface area (Å²) in [4.78, 5) is 28.4. The highest BCUT2D eigenvalue weighted by atomic mass is 16.5. The van der Waals surface area contributed by atoms with Gasteiger partial charge in [-0.25, -0.2) is 0 Å². The van der Waals surface area contributed by atoms with Crippen LogP contribution < -0.4 is 9.64 Å². The van der Waals surface area contributed by atoms with E-state index >= 15 is 0 Å². The minimum atomic E-state index is -1.87. The molecule has 5 heteroatoms. The number of anilines is 1. The molecule has 5 rings (SSSR count). The molecular formula is C26H23NO4. The number of amides is 1. The van der Waals surface area contributed by atoms with Gasteiger partial charge in [-0.2, -0.15) is 0 Å². The predicted octanol–water partition coefficient (Wildman–Crippen LogP) is 3.75. The summed E-state index contributed by atoms with van der Waals surface area (Å²) in [5.41, 5.74) is 0.840. The summed E-state index contributed by atoms with van der Waals surface area (Å²) in [7, 11) is 0. The Labute approximate surface area is 180 Å². The Morgan fingerprint density at radius 2 is 1.65 bits per heavy atom. The van der Waals surface area contributed by atoms with Crippen LogP contribution >= 0.6 is 0 Å². The molecule has 0 aromatic heterocycles. The fourth-order valence-corrected chi connectivity index (χ4v) is 4.79. The van der Waals surface area contributed by atoms with Crippen molar-refractivity contribution in [2.24, 2.45) is 5.92 Å². The van der Waals surface area contributed by atoms with Crippen LogP contribution in [0.15, 0.2) is 78.9 Å². The third-order valence-corrected chi connectivity index (χ3v) is 6.31. The van der Waals surface area contributed by atoms with Crippen LogP contribution in [0.3, 0.4) is 0 Å². The van der Waals surface area contributed by atoms with E-state index in [0.29, 0.717) is 29.7 Å². The molecule has 2 atom stereocenters. The fourth-order valence-electron chi connectivity index (χ4n) is 4.79. The Morgan fingerprint density at radius 1 is 0.935 bits per heavy atom. The molecule has 1 N–H and O–H groups in total. The van der Waals surface area contributed by atoms with Gasteiger partial charge in [0.2, 0.25) is 0 Å². The zero-order valence-corrected chi connectivity index (χ0v) is 17.0. The standard InChI is InChI=1S/C26H23NO4/c28-24-20-11-5-4-8-18(20)14-15-22(24)26(30)21-12-6-7-13-23(21)27(25(26)29)16-17-31-19-9-2-1-3-10-19/h1-13,22,30H,14-17H2/t22-,26-/m1/s1. The normalized spacial score (nSPS) is 22.2. The lowest BCUT2D eigenvalue weighted by molar-refractivity contribution is -0.140. The van der Waals surface area contributed by atoms with E-state index in [-0.39, 0.29) is 18.9 Å². The average molecular weight is 413 g/mol. The first kappa shape index (κ1) is 19.5. The number of nitrogens with zero attached hydrogens (tertiary/aromatic N) is 1. The van der Waals surface area contributed by atoms with Crippen LogP contribution in [0.5, 0.6) is 5.75 Å². The first-order chi connectivity index (χ1) is 15.1. The third-order valence-electron chi connectivity index (χ3n) is 6.31. The van der Waals surface area contributed by atoms with Gasteiger partial charge in [0.15, 0.2) is 11.4 Å². The van der Waals surface area contributed by atoms with Gasteiger partial charge in [-0.3, -0.25) is 9.59 Å². The van der Waals surface area contributed by atoms with Gasteiger partial charge in [0.05, 0.1) is 18.2 Å². The van der Waals surface area contributed by atoms with Crippen molar-refractivity contribution in [3.63, 3.8) is 0 Å². The fraction of sp³-hybridized carbons (Fsp3) is 0.231. The molecule has 1 aliphatic heterocycles. The van der Waals surface area contributed by atoms with Crippen molar-refractivity contribution in [1.82, 2.24) is 0 Å². The Kier molecular flexibility index (Phi) is 4.83. The molecule has 5 nitrogen and oxygen atoms in total. The predicted molar refractivity (Wildman–Crippen MR) is 117 cm³/mol. The van der Waals surface area contributed by atoms with E-state index in [0.717, 1.165) is 11.3 Å². The number of carbonyl (C=O) groups excluding carboxylic acids is 2. The van der Waals surface area contributed by atoms with Crippen molar-refractivity contribution in [2.45, 2.75) is 18.4 Å². The summed E-state index contributed by atoms with van der Waals surface area (Å²) in [5, 5.41) is 11.8. The van der Waals surface area contributed by atoms with Crippen LogP contribution in [0.2, 0.25) is 0 Å². The van der Waals surface area contributed by atoms with Gasteiger partial charge in [-0.05, 0) is 36.6 Å². The van der Waals surface area contributed by atoms with E-state index in [4.69, 9.17) is 4.74 Å². The minimum Gasteiger partial charge on any atom is -0.492 e. The SMILES string of the molecule is O=C1c2ccccc2CC[C@H]1[C@@]1(O)C(=O)N(CCOc2ccccc2)c2ccccc21. The average Bonchev–Trinajstić information content (AvgIpc) is 3.03. The molecule has 31 heavy (non-hydrogen) atoms. The van der Waals surface area contributed by atoms with Crippen molar-refractivity contribution in [3.8, 4) is 5.75 Å². The lowest BCUT2D eigenvalue weighted by Crippen LogP contribution is -2.50. The zero-order chi connectivity index (χ0) is 21.4. The number of para-hydroxylation sites is 2. The molecule has 0 bridgehead atoms. The van der Waals surface area contributed by atoms with E-state index in [9.17, 15) is 14.7 Å².